The first-order chi connectivity index (χ1) is 11.2. The molecule has 1 aliphatic rings. The second kappa shape index (κ2) is 7.39. The highest BCUT2D eigenvalue weighted by Crippen LogP contribution is 2.22. The monoisotopic (exact) mass is 315 g/mol. The van der Waals surface area contributed by atoms with Crippen molar-refractivity contribution in [2.45, 2.75) is 33.2 Å². The third-order valence-corrected chi connectivity index (χ3v) is 4.14. The van der Waals surface area contributed by atoms with E-state index in [-0.39, 0.29) is 0 Å². The first-order valence-electron chi connectivity index (χ1n) is 8.35. The molecule has 1 saturated heterocycles. The maximum atomic E-state index is 4.65. The van der Waals surface area contributed by atoms with Gasteiger partial charge in [-0.15, -0.1) is 0 Å². The summed E-state index contributed by atoms with van der Waals surface area (Å²) in [6.45, 7) is 8.24. The minimum atomic E-state index is 0.598. The Kier molecular flexibility index (Phi) is 5.05. The molecule has 124 valence electrons. The lowest BCUT2D eigenvalue weighted by Gasteiger charge is -2.32. The largest absolute Gasteiger partial charge is 0.370 e. The van der Waals surface area contributed by atoms with E-state index < -0.39 is 0 Å². The van der Waals surface area contributed by atoms with Gasteiger partial charge in [0.2, 0.25) is 5.95 Å². The summed E-state index contributed by atoms with van der Waals surface area (Å²) in [6, 6.07) is 1.93. The number of hydrogen-bond acceptors (Lipinski definition) is 6. The van der Waals surface area contributed by atoms with E-state index in [1.165, 1.54) is 0 Å². The summed E-state index contributed by atoms with van der Waals surface area (Å²) in [7, 11) is 0. The average molecular weight is 315 g/mol. The Labute approximate surface area is 137 Å². The van der Waals surface area contributed by atoms with Gasteiger partial charge in [-0.3, -0.25) is 4.68 Å². The van der Waals surface area contributed by atoms with E-state index in [4.69, 9.17) is 0 Å². The lowest BCUT2D eigenvalue weighted by atomic mass is 9.97. The molecule has 0 radical (unpaired) electrons. The molecule has 0 spiro atoms. The molecule has 23 heavy (non-hydrogen) atoms. The zero-order valence-corrected chi connectivity index (χ0v) is 13.9. The standard InChI is InChI=1S/C16H25N7/c1-13(2)9-19-15-3-6-18-16(21-15)22-7-4-14(5-8-22)10-23-12-17-11-20-23/h3,6,11-14H,4-5,7-10H2,1-2H3,(H,18,19,21). The molecule has 3 rings (SSSR count). The van der Waals surface area contributed by atoms with Gasteiger partial charge in [0.05, 0.1) is 0 Å². The Bertz CT molecular complexity index is 588. The normalized spacial score (nSPS) is 16.0. The van der Waals surface area contributed by atoms with Gasteiger partial charge in [0.1, 0.15) is 18.5 Å². The lowest BCUT2D eigenvalue weighted by molar-refractivity contribution is 0.340. The molecule has 7 heteroatoms. The summed E-state index contributed by atoms with van der Waals surface area (Å²) in [5.74, 6) is 2.99. The Hall–Kier alpha value is -2.18. The highest BCUT2D eigenvalue weighted by Gasteiger charge is 2.21. The summed E-state index contributed by atoms with van der Waals surface area (Å²) in [6.07, 6.45) is 7.49. The van der Waals surface area contributed by atoms with Crippen molar-refractivity contribution in [2.24, 2.45) is 11.8 Å². The van der Waals surface area contributed by atoms with Crippen LogP contribution in [0.15, 0.2) is 24.9 Å². The van der Waals surface area contributed by atoms with Crippen molar-refractivity contribution in [3.63, 3.8) is 0 Å². The van der Waals surface area contributed by atoms with Gasteiger partial charge in [0.15, 0.2) is 0 Å². The molecule has 0 unspecified atom stereocenters. The Morgan fingerprint density at radius 3 is 2.83 bits per heavy atom. The molecule has 1 fully saturated rings. The van der Waals surface area contributed by atoms with Crippen molar-refractivity contribution in [3.8, 4) is 0 Å². The summed E-state index contributed by atoms with van der Waals surface area (Å²) in [5, 5.41) is 7.56. The highest BCUT2D eigenvalue weighted by molar-refractivity contribution is 5.41. The van der Waals surface area contributed by atoms with Gasteiger partial charge in [-0.25, -0.2) is 9.97 Å². The van der Waals surface area contributed by atoms with Gasteiger partial charge >= 0.3 is 0 Å². The van der Waals surface area contributed by atoms with Crippen molar-refractivity contribution in [1.82, 2.24) is 24.7 Å². The summed E-state index contributed by atoms with van der Waals surface area (Å²) >= 11 is 0. The molecular weight excluding hydrogens is 290 g/mol. The fourth-order valence-electron chi connectivity index (χ4n) is 2.81. The third kappa shape index (κ3) is 4.40. The Morgan fingerprint density at radius 1 is 1.30 bits per heavy atom. The van der Waals surface area contributed by atoms with E-state index in [2.05, 4.69) is 44.1 Å². The van der Waals surface area contributed by atoms with Gasteiger partial charge < -0.3 is 10.2 Å². The fourth-order valence-corrected chi connectivity index (χ4v) is 2.81. The predicted octanol–water partition coefficient (Wildman–Crippen LogP) is 2.05. The topological polar surface area (TPSA) is 71.8 Å². The zero-order chi connectivity index (χ0) is 16.1. The number of rotatable bonds is 6. The van der Waals surface area contributed by atoms with Crippen molar-refractivity contribution < 1.29 is 0 Å². The van der Waals surface area contributed by atoms with Crippen LogP contribution >= 0.6 is 0 Å². The van der Waals surface area contributed by atoms with Crippen molar-refractivity contribution in [2.75, 3.05) is 29.9 Å². The minimum absolute atomic E-state index is 0.598. The maximum Gasteiger partial charge on any atom is 0.227 e. The fraction of sp³-hybridized carbons (Fsp3) is 0.625. The minimum Gasteiger partial charge on any atom is -0.370 e. The molecule has 1 N–H and O–H groups in total. The van der Waals surface area contributed by atoms with Crippen molar-refractivity contribution in [1.29, 1.82) is 0 Å². The summed E-state index contributed by atoms with van der Waals surface area (Å²) in [5.41, 5.74) is 0. The molecular formula is C16H25N7. The van der Waals surface area contributed by atoms with E-state index >= 15 is 0 Å². The Morgan fingerprint density at radius 2 is 2.13 bits per heavy atom. The second-order valence-corrected chi connectivity index (χ2v) is 6.56. The molecule has 0 amide bonds. The molecule has 3 heterocycles. The molecule has 2 aromatic rings. The number of nitrogens with one attached hydrogen (secondary N) is 1. The van der Waals surface area contributed by atoms with Crippen LogP contribution in [0.2, 0.25) is 0 Å². The Balaban J connectivity index is 1.53. The van der Waals surface area contributed by atoms with Crippen LogP contribution in [0.25, 0.3) is 0 Å². The van der Waals surface area contributed by atoms with Crippen LogP contribution in [0.5, 0.6) is 0 Å². The maximum absolute atomic E-state index is 4.65. The van der Waals surface area contributed by atoms with Gasteiger partial charge in [0.25, 0.3) is 0 Å². The first kappa shape index (κ1) is 15.7. The van der Waals surface area contributed by atoms with E-state index in [9.17, 15) is 0 Å². The smallest absolute Gasteiger partial charge is 0.227 e. The molecule has 0 aromatic carbocycles. The van der Waals surface area contributed by atoms with E-state index in [0.29, 0.717) is 11.8 Å². The molecule has 0 atom stereocenters. The van der Waals surface area contributed by atoms with Gasteiger partial charge in [0, 0.05) is 32.4 Å². The van der Waals surface area contributed by atoms with E-state index in [1.54, 1.807) is 12.7 Å². The van der Waals surface area contributed by atoms with Crippen LogP contribution in [-0.2, 0) is 6.54 Å². The van der Waals surface area contributed by atoms with Crippen LogP contribution in [0.4, 0.5) is 11.8 Å². The van der Waals surface area contributed by atoms with E-state index in [0.717, 1.165) is 50.8 Å². The van der Waals surface area contributed by atoms with Crippen LogP contribution in [-0.4, -0.2) is 44.4 Å². The van der Waals surface area contributed by atoms with Crippen molar-refractivity contribution >= 4 is 11.8 Å². The zero-order valence-electron chi connectivity index (χ0n) is 13.9. The number of nitrogens with zero attached hydrogens (tertiary/aromatic N) is 6. The van der Waals surface area contributed by atoms with Crippen LogP contribution in [0.3, 0.4) is 0 Å². The number of hydrogen-bond donors (Lipinski definition) is 1. The van der Waals surface area contributed by atoms with Gasteiger partial charge in [-0.05, 0) is 30.7 Å². The van der Waals surface area contributed by atoms with Gasteiger partial charge in [-0.1, -0.05) is 13.8 Å². The quantitative estimate of drug-likeness (QED) is 0.879. The SMILES string of the molecule is CC(C)CNc1ccnc(N2CCC(Cn3cncn3)CC2)n1. The number of piperidine rings is 1. The first-order valence-corrected chi connectivity index (χ1v) is 8.35. The predicted molar refractivity (Wildman–Crippen MR) is 90.3 cm³/mol. The third-order valence-electron chi connectivity index (χ3n) is 4.14. The highest BCUT2D eigenvalue weighted by atomic mass is 15.3. The molecule has 0 saturated carbocycles. The lowest BCUT2D eigenvalue weighted by Crippen LogP contribution is -2.36. The average Bonchev–Trinajstić information content (AvgIpc) is 3.07. The molecule has 0 aliphatic carbocycles. The number of aromatic nitrogens is 5. The number of anilines is 2. The van der Waals surface area contributed by atoms with Crippen molar-refractivity contribution in [3.05, 3.63) is 24.9 Å². The molecule has 2 aromatic heterocycles. The van der Waals surface area contributed by atoms with Gasteiger partial charge in [-0.2, -0.15) is 10.1 Å². The van der Waals surface area contributed by atoms with Crippen LogP contribution < -0.4 is 10.2 Å². The summed E-state index contributed by atoms with van der Waals surface area (Å²) < 4.78 is 1.92. The molecule has 1 aliphatic heterocycles. The molecule has 7 nitrogen and oxygen atoms in total. The summed E-state index contributed by atoms with van der Waals surface area (Å²) in [4.78, 5) is 15.4. The van der Waals surface area contributed by atoms with E-state index in [1.807, 2.05) is 16.9 Å². The molecule has 0 bridgehead atoms. The second-order valence-electron chi connectivity index (χ2n) is 6.56. The van der Waals surface area contributed by atoms with Crippen LogP contribution in [0, 0.1) is 11.8 Å². The van der Waals surface area contributed by atoms with Crippen LogP contribution in [0.1, 0.15) is 26.7 Å².